The summed E-state index contributed by atoms with van der Waals surface area (Å²) < 4.78 is 5.41. The van der Waals surface area contributed by atoms with Crippen LogP contribution in [-0.4, -0.2) is 13.0 Å². The lowest BCUT2D eigenvalue weighted by Gasteiger charge is -2.36. The number of methoxy groups -OCH3 is 1. The number of anilines is 1. The molecule has 3 heteroatoms. The average Bonchev–Trinajstić information content (AvgIpc) is 3.30. The van der Waals surface area contributed by atoms with Gasteiger partial charge in [0.25, 0.3) is 0 Å². The van der Waals surface area contributed by atoms with E-state index in [1.807, 2.05) is 24.3 Å². The van der Waals surface area contributed by atoms with E-state index in [2.05, 4.69) is 61.2 Å². The molecular formula is C31H31NO2. The van der Waals surface area contributed by atoms with E-state index in [-0.39, 0.29) is 17.2 Å². The van der Waals surface area contributed by atoms with Gasteiger partial charge in [-0.2, -0.15) is 0 Å². The first-order chi connectivity index (χ1) is 16.5. The van der Waals surface area contributed by atoms with Crippen molar-refractivity contribution >= 4 is 17.2 Å². The number of ether oxygens (including phenoxy) is 1. The molecule has 34 heavy (non-hydrogen) atoms. The second-order valence-electron chi connectivity index (χ2n) is 10.2. The Labute approximate surface area is 202 Å². The second-order valence-corrected chi connectivity index (χ2v) is 10.2. The molecule has 172 valence electrons. The summed E-state index contributed by atoms with van der Waals surface area (Å²) in [6.45, 7) is 4.28. The van der Waals surface area contributed by atoms with Crippen LogP contribution in [0.2, 0.25) is 0 Å². The van der Waals surface area contributed by atoms with Crippen LogP contribution in [0.5, 0.6) is 5.75 Å². The van der Waals surface area contributed by atoms with E-state index in [0.29, 0.717) is 0 Å². The molecule has 0 N–H and O–H groups in total. The number of allylic oxidation sites excluding steroid dienone is 1. The van der Waals surface area contributed by atoms with Crippen molar-refractivity contribution in [3.8, 4) is 5.75 Å². The topological polar surface area (TPSA) is 29.5 Å². The van der Waals surface area contributed by atoms with E-state index >= 15 is 0 Å². The number of hydrogen-bond acceptors (Lipinski definition) is 2. The Hall–Kier alpha value is -3.33. The normalized spacial score (nSPS) is 20.6. The van der Waals surface area contributed by atoms with Gasteiger partial charge in [-0.3, -0.25) is 9.69 Å². The highest BCUT2D eigenvalue weighted by Crippen LogP contribution is 2.64. The fourth-order valence-electron chi connectivity index (χ4n) is 6.52. The zero-order valence-electron chi connectivity index (χ0n) is 20.2. The molecule has 1 amide bonds. The van der Waals surface area contributed by atoms with Gasteiger partial charge in [-0.15, -0.1) is 0 Å². The minimum atomic E-state index is -0.357. The predicted octanol–water partition coefficient (Wildman–Crippen LogP) is 7.17. The third-order valence-corrected chi connectivity index (χ3v) is 8.16. The van der Waals surface area contributed by atoms with Crippen LogP contribution in [0.15, 0.2) is 72.4 Å². The van der Waals surface area contributed by atoms with Gasteiger partial charge in [0.2, 0.25) is 5.91 Å². The molecule has 0 aromatic heterocycles. The Morgan fingerprint density at radius 1 is 0.853 bits per heavy atom. The Kier molecular flexibility index (Phi) is 4.91. The Morgan fingerprint density at radius 2 is 1.53 bits per heavy atom. The summed E-state index contributed by atoms with van der Waals surface area (Å²) in [6, 6.07) is 23.6. The number of rotatable bonds is 3. The number of aryl methyl sites for hydroxylation is 2. The molecule has 3 aromatic carbocycles. The van der Waals surface area contributed by atoms with E-state index in [1.54, 1.807) is 7.11 Å². The maximum atomic E-state index is 14.4. The highest BCUT2D eigenvalue weighted by molar-refractivity contribution is 6.11. The van der Waals surface area contributed by atoms with Crippen LogP contribution in [-0.2, 0) is 4.79 Å². The van der Waals surface area contributed by atoms with Crippen molar-refractivity contribution in [1.82, 2.24) is 0 Å². The van der Waals surface area contributed by atoms with Crippen molar-refractivity contribution in [3.05, 3.63) is 100 Å². The third kappa shape index (κ3) is 2.99. The highest BCUT2D eigenvalue weighted by Gasteiger charge is 2.60. The van der Waals surface area contributed by atoms with E-state index in [4.69, 9.17) is 4.74 Å². The van der Waals surface area contributed by atoms with Gasteiger partial charge in [-0.05, 0) is 67.6 Å². The summed E-state index contributed by atoms with van der Waals surface area (Å²) in [4.78, 5) is 16.5. The van der Waals surface area contributed by atoms with E-state index in [9.17, 15) is 4.79 Å². The number of fused-ring (bicyclic) bond motifs is 4. The monoisotopic (exact) mass is 449 g/mol. The zero-order chi connectivity index (χ0) is 23.4. The quantitative estimate of drug-likeness (QED) is 0.424. The molecule has 0 bridgehead atoms. The fourth-order valence-corrected chi connectivity index (χ4v) is 6.52. The largest absolute Gasteiger partial charge is 0.497 e. The predicted molar refractivity (Wildman–Crippen MR) is 137 cm³/mol. The van der Waals surface area contributed by atoms with Crippen molar-refractivity contribution < 1.29 is 9.53 Å². The molecule has 3 aliphatic rings. The molecule has 2 fully saturated rings. The lowest BCUT2D eigenvalue weighted by atomic mass is 9.65. The molecule has 3 nitrogen and oxygen atoms in total. The number of carbonyl (C=O) groups is 1. The maximum Gasteiger partial charge on any atom is 0.238 e. The third-order valence-electron chi connectivity index (χ3n) is 8.16. The summed E-state index contributed by atoms with van der Waals surface area (Å²) in [7, 11) is 1.68. The van der Waals surface area contributed by atoms with Gasteiger partial charge in [0.1, 0.15) is 5.75 Å². The first-order valence-corrected chi connectivity index (χ1v) is 12.4. The van der Waals surface area contributed by atoms with E-state index in [1.165, 1.54) is 45.5 Å². The minimum absolute atomic E-state index is 0.106. The van der Waals surface area contributed by atoms with Crippen molar-refractivity contribution in [1.29, 1.82) is 0 Å². The van der Waals surface area contributed by atoms with Crippen LogP contribution in [0.1, 0.15) is 65.8 Å². The van der Waals surface area contributed by atoms with Crippen molar-refractivity contribution in [3.63, 3.8) is 0 Å². The molecule has 2 aliphatic carbocycles. The van der Waals surface area contributed by atoms with Gasteiger partial charge >= 0.3 is 0 Å². The first-order valence-electron chi connectivity index (χ1n) is 12.4. The van der Waals surface area contributed by atoms with Crippen LogP contribution < -0.4 is 9.64 Å². The minimum Gasteiger partial charge on any atom is -0.497 e. The van der Waals surface area contributed by atoms with E-state index < -0.39 is 0 Å². The number of carbonyl (C=O) groups excluding carboxylic acids is 1. The fraction of sp³-hybridized carbons (Fsp3) is 0.323. The van der Waals surface area contributed by atoms with Crippen LogP contribution in [0.4, 0.5) is 5.69 Å². The van der Waals surface area contributed by atoms with Crippen LogP contribution >= 0.6 is 0 Å². The average molecular weight is 450 g/mol. The van der Waals surface area contributed by atoms with Gasteiger partial charge in [0.15, 0.2) is 0 Å². The zero-order valence-corrected chi connectivity index (χ0v) is 20.2. The molecule has 1 aliphatic heterocycles. The van der Waals surface area contributed by atoms with Gasteiger partial charge in [-0.25, -0.2) is 0 Å². The Bertz CT molecular complexity index is 1290. The molecule has 6 rings (SSSR count). The summed E-state index contributed by atoms with van der Waals surface area (Å²) in [5, 5.41) is 0. The lowest BCUT2D eigenvalue weighted by Crippen LogP contribution is -2.38. The highest BCUT2D eigenvalue weighted by atomic mass is 16.5. The van der Waals surface area contributed by atoms with Crippen LogP contribution in [0.3, 0.4) is 0 Å². The maximum absolute atomic E-state index is 14.4. The molecule has 0 radical (unpaired) electrons. The molecule has 1 spiro atoms. The first kappa shape index (κ1) is 21.2. The van der Waals surface area contributed by atoms with Gasteiger partial charge < -0.3 is 4.74 Å². The van der Waals surface area contributed by atoms with Gasteiger partial charge in [0.05, 0.1) is 12.5 Å². The lowest BCUT2D eigenvalue weighted by molar-refractivity contribution is -0.127. The van der Waals surface area contributed by atoms with Crippen molar-refractivity contribution in [2.45, 2.75) is 51.9 Å². The molecule has 1 unspecified atom stereocenters. The summed E-state index contributed by atoms with van der Waals surface area (Å²) in [5.41, 5.74) is 9.26. The van der Waals surface area contributed by atoms with Crippen LogP contribution in [0, 0.1) is 19.3 Å². The summed E-state index contributed by atoms with van der Waals surface area (Å²) in [5.74, 6) is 1.18. The number of nitrogens with zero attached hydrogens (tertiary/aromatic N) is 1. The number of amides is 1. The molecular weight excluding hydrogens is 418 g/mol. The standard InChI is InChI=1S/C31H31NO2/c1-20-7-10-22(11-8-20)27-26-19-21(2)9-16-25(26)28-29(27)32(23-12-14-24(34-3)15-13-23)30(33)31(28)17-5-4-6-18-31/h7-16,19,28H,4-6,17-18H2,1-3H3. The Balaban J connectivity index is 1.65. The summed E-state index contributed by atoms with van der Waals surface area (Å²) >= 11 is 0. The molecule has 3 aromatic rings. The molecule has 1 saturated carbocycles. The van der Waals surface area contributed by atoms with Crippen LogP contribution in [0.25, 0.3) is 5.57 Å². The van der Waals surface area contributed by atoms with Crippen molar-refractivity contribution in [2.24, 2.45) is 5.41 Å². The van der Waals surface area contributed by atoms with Crippen molar-refractivity contribution in [2.75, 3.05) is 12.0 Å². The smallest absolute Gasteiger partial charge is 0.238 e. The number of hydrogen-bond donors (Lipinski definition) is 0. The molecule has 1 saturated heterocycles. The second kappa shape index (κ2) is 7.87. The Morgan fingerprint density at radius 3 is 2.21 bits per heavy atom. The SMILES string of the molecule is COc1ccc(N2C(=O)C3(CCCCC3)C3C2=C(c2ccc(C)cc2)c2cc(C)ccc23)cc1. The number of benzene rings is 3. The molecule has 1 atom stereocenters. The van der Waals surface area contributed by atoms with Gasteiger partial charge in [0, 0.05) is 22.9 Å². The summed E-state index contributed by atoms with van der Waals surface area (Å²) in [6.07, 6.45) is 5.37. The van der Waals surface area contributed by atoms with E-state index in [0.717, 1.165) is 37.1 Å². The van der Waals surface area contributed by atoms with Gasteiger partial charge in [-0.1, -0.05) is 72.9 Å². The molecule has 1 heterocycles.